The van der Waals surface area contributed by atoms with Crippen molar-refractivity contribution in [2.75, 3.05) is 19.9 Å². The van der Waals surface area contributed by atoms with Gasteiger partial charge in [0, 0.05) is 24.3 Å². The highest BCUT2D eigenvalue weighted by Gasteiger charge is 2.33. The standard InChI is InChI=1S/C18H27N3O2/c19-16-4-2-10-21-12-23-18-15(3-1-9-20-18)13-5-7-14(8-6-13)22-11-17(16)21/h1,3,9,13-14,16-17H,2,4-8,10-12,19H2/t13?,14?,16-,17-/m0/s1. The summed E-state index contributed by atoms with van der Waals surface area (Å²) < 4.78 is 12.4. The largest absolute Gasteiger partial charge is 0.461 e. The van der Waals surface area contributed by atoms with E-state index in [0.29, 0.717) is 18.8 Å². The molecule has 0 spiro atoms. The van der Waals surface area contributed by atoms with Gasteiger partial charge in [0.15, 0.2) is 0 Å². The number of nitrogens with two attached hydrogens (primary N) is 1. The number of nitrogens with zero attached hydrogens (tertiary/aromatic N) is 2. The zero-order valence-electron chi connectivity index (χ0n) is 13.7. The Kier molecular flexibility index (Phi) is 4.51. The van der Waals surface area contributed by atoms with Crippen molar-refractivity contribution < 1.29 is 9.47 Å². The topological polar surface area (TPSA) is 60.6 Å². The lowest BCUT2D eigenvalue weighted by molar-refractivity contribution is -0.0465. The third kappa shape index (κ3) is 3.23. The monoisotopic (exact) mass is 317 g/mol. The third-order valence-electron chi connectivity index (χ3n) is 5.73. The Hall–Kier alpha value is -1.17. The van der Waals surface area contributed by atoms with Crippen LogP contribution in [-0.2, 0) is 4.74 Å². The molecule has 2 fully saturated rings. The second-order valence-electron chi connectivity index (χ2n) is 7.16. The van der Waals surface area contributed by atoms with Crippen molar-refractivity contribution in [2.24, 2.45) is 5.73 Å². The molecule has 3 aliphatic heterocycles. The number of fused-ring (bicyclic) bond motifs is 4. The van der Waals surface area contributed by atoms with Crippen LogP contribution in [0.5, 0.6) is 5.88 Å². The molecule has 2 bridgehead atoms. The van der Waals surface area contributed by atoms with Gasteiger partial charge in [-0.2, -0.15) is 0 Å². The van der Waals surface area contributed by atoms with Crippen LogP contribution in [0.4, 0.5) is 0 Å². The van der Waals surface area contributed by atoms with Crippen molar-refractivity contribution in [3.05, 3.63) is 23.9 Å². The van der Waals surface area contributed by atoms with Crippen molar-refractivity contribution in [3.63, 3.8) is 0 Å². The van der Waals surface area contributed by atoms with E-state index in [4.69, 9.17) is 15.2 Å². The molecule has 0 radical (unpaired) electrons. The molecule has 0 aromatic carbocycles. The lowest BCUT2D eigenvalue weighted by atomic mass is 9.83. The molecule has 5 nitrogen and oxygen atoms in total. The number of hydrogen-bond acceptors (Lipinski definition) is 5. The summed E-state index contributed by atoms with van der Waals surface area (Å²) >= 11 is 0. The van der Waals surface area contributed by atoms with Gasteiger partial charge < -0.3 is 15.2 Å². The average Bonchev–Trinajstić information content (AvgIpc) is 2.59. The number of ether oxygens (including phenoxy) is 2. The predicted molar refractivity (Wildman–Crippen MR) is 88.4 cm³/mol. The molecular formula is C18H27N3O2. The molecule has 1 saturated carbocycles. The summed E-state index contributed by atoms with van der Waals surface area (Å²) in [6.45, 7) is 2.32. The van der Waals surface area contributed by atoms with E-state index < -0.39 is 0 Å². The highest BCUT2D eigenvalue weighted by atomic mass is 16.5. The molecule has 2 N–H and O–H groups in total. The Bertz CT molecular complexity index is 531. The quantitative estimate of drug-likeness (QED) is 0.795. The number of pyridine rings is 1. The van der Waals surface area contributed by atoms with Crippen LogP contribution in [0.25, 0.3) is 0 Å². The first kappa shape index (κ1) is 15.4. The summed E-state index contributed by atoms with van der Waals surface area (Å²) in [6.07, 6.45) is 9.00. The molecule has 5 rings (SSSR count). The van der Waals surface area contributed by atoms with Crippen LogP contribution >= 0.6 is 0 Å². The van der Waals surface area contributed by atoms with Gasteiger partial charge in [0.2, 0.25) is 5.88 Å². The van der Waals surface area contributed by atoms with Crippen molar-refractivity contribution in [1.29, 1.82) is 0 Å². The van der Waals surface area contributed by atoms with Gasteiger partial charge in [-0.25, -0.2) is 4.98 Å². The van der Waals surface area contributed by atoms with Crippen LogP contribution in [0, 0.1) is 0 Å². The fourth-order valence-electron chi connectivity index (χ4n) is 4.30. The van der Waals surface area contributed by atoms with Crippen LogP contribution in [0.2, 0.25) is 0 Å². The minimum atomic E-state index is 0.176. The second kappa shape index (κ2) is 6.75. The van der Waals surface area contributed by atoms with Gasteiger partial charge >= 0.3 is 0 Å². The summed E-state index contributed by atoms with van der Waals surface area (Å²) in [7, 11) is 0. The SMILES string of the molecule is N[C@H]1CCCN2COc3ncccc3C3CCC(CC3)OC[C@@H]12. The van der Waals surface area contributed by atoms with Crippen LogP contribution in [-0.4, -0.2) is 48.0 Å². The molecule has 0 amide bonds. The normalized spacial score (nSPS) is 35.3. The van der Waals surface area contributed by atoms with Gasteiger partial charge in [0.25, 0.3) is 0 Å². The van der Waals surface area contributed by atoms with Gasteiger partial charge in [-0.15, -0.1) is 0 Å². The summed E-state index contributed by atoms with van der Waals surface area (Å²) in [5.41, 5.74) is 7.64. The summed E-state index contributed by atoms with van der Waals surface area (Å²) in [5, 5.41) is 0. The average molecular weight is 317 g/mol. The maximum absolute atomic E-state index is 6.37. The minimum absolute atomic E-state index is 0.176. The van der Waals surface area contributed by atoms with Crippen molar-refractivity contribution in [1.82, 2.24) is 9.88 Å². The second-order valence-corrected chi connectivity index (χ2v) is 7.16. The van der Waals surface area contributed by atoms with Gasteiger partial charge in [-0.3, -0.25) is 4.90 Å². The van der Waals surface area contributed by atoms with Crippen LogP contribution < -0.4 is 10.5 Å². The lowest BCUT2D eigenvalue weighted by Crippen LogP contribution is -2.55. The van der Waals surface area contributed by atoms with Gasteiger partial charge in [0.05, 0.1) is 18.8 Å². The minimum Gasteiger partial charge on any atom is -0.461 e. The Balaban J connectivity index is 1.61. The molecule has 5 heteroatoms. The van der Waals surface area contributed by atoms with Crippen molar-refractivity contribution in [3.8, 4) is 5.88 Å². The lowest BCUT2D eigenvalue weighted by Gasteiger charge is -2.41. The summed E-state index contributed by atoms with van der Waals surface area (Å²) in [6, 6.07) is 4.64. The molecule has 23 heavy (non-hydrogen) atoms. The molecular weight excluding hydrogens is 290 g/mol. The van der Waals surface area contributed by atoms with Crippen LogP contribution in [0.1, 0.15) is 50.0 Å². The molecule has 0 unspecified atom stereocenters. The Morgan fingerprint density at radius 1 is 1.17 bits per heavy atom. The number of rotatable bonds is 0. The van der Waals surface area contributed by atoms with E-state index in [1.165, 1.54) is 5.56 Å². The Morgan fingerprint density at radius 3 is 2.91 bits per heavy atom. The van der Waals surface area contributed by atoms with Gasteiger partial charge in [-0.05, 0) is 50.5 Å². The van der Waals surface area contributed by atoms with E-state index >= 15 is 0 Å². The first-order chi connectivity index (χ1) is 11.3. The van der Waals surface area contributed by atoms with E-state index in [9.17, 15) is 0 Å². The summed E-state index contributed by atoms with van der Waals surface area (Å²) in [5.74, 6) is 1.37. The number of piperidine rings is 1. The van der Waals surface area contributed by atoms with Crippen molar-refractivity contribution in [2.45, 2.75) is 62.6 Å². The smallest absolute Gasteiger partial charge is 0.218 e. The van der Waals surface area contributed by atoms with E-state index in [2.05, 4.69) is 16.0 Å². The molecule has 4 aliphatic rings. The summed E-state index contributed by atoms with van der Waals surface area (Å²) in [4.78, 5) is 6.84. The van der Waals surface area contributed by atoms with Crippen LogP contribution in [0.3, 0.4) is 0 Å². The van der Waals surface area contributed by atoms with Crippen molar-refractivity contribution >= 4 is 0 Å². The fourth-order valence-corrected chi connectivity index (χ4v) is 4.30. The van der Waals surface area contributed by atoms with E-state index in [-0.39, 0.29) is 12.1 Å². The zero-order chi connectivity index (χ0) is 15.6. The van der Waals surface area contributed by atoms with E-state index in [1.54, 1.807) is 0 Å². The van der Waals surface area contributed by atoms with Crippen LogP contribution in [0.15, 0.2) is 18.3 Å². The Labute approximate surface area is 138 Å². The molecule has 126 valence electrons. The van der Waals surface area contributed by atoms with E-state index in [0.717, 1.165) is 57.6 Å². The highest BCUT2D eigenvalue weighted by Crippen LogP contribution is 2.38. The fraction of sp³-hybridized carbons (Fsp3) is 0.722. The highest BCUT2D eigenvalue weighted by molar-refractivity contribution is 5.30. The van der Waals surface area contributed by atoms with Gasteiger partial charge in [0.1, 0.15) is 6.73 Å². The predicted octanol–water partition coefficient (Wildman–Crippen LogP) is 2.27. The number of hydrogen-bond donors (Lipinski definition) is 1. The Morgan fingerprint density at radius 2 is 2.04 bits per heavy atom. The first-order valence-electron chi connectivity index (χ1n) is 9.00. The molecule has 2 atom stereocenters. The maximum Gasteiger partial charge on any atom is 0.218 e. The first-order valence-corrected chi connectivity index (χ1v) is 9.00. The van der Waals surface area contributed by atoms with E-state index in [1.807, 2.05) is 12.3 Å². The van der Waals surface area contributed by atoms with Gasteiger partial charge in [-0.1, -0.05) is 6.07 Å². The molecule has 1 aromatic heterocycles. The maximum atomic E-state index is 6.37. The number of aromatic nitrogens is 1. The zero-order valence-corrected chi connectivity index (χ0v) is 13.7. The molecule has 1 aromatic rings. The third-order valence-corrected chi connectivity index (χ3v) is 5.73. The molecule has 1 saturated heterocycles. The molecule has 4 heterocycles. The molecule has 1 aliphatic carbocycles.